The summed E-state index contributed by atoms with van der Waals surface area (Å²) in [5, 5.41) is 0. The summed E-state index contributed by atoms with van der Waals surface area (Å²) < 4.78 is 44.3. The van der Waals surface area contributed by atoms with E-state index in [-0.39, 0.29) is 8.88 Å². The van der Waals surface area contributed by atoms with Crippen LogP contribution in [0.4, 0.5) is 0 Å². The van der Waals surface area contributed by atoms with Crippen LogP contribution in [-0.2, 0) is 0 Å². The third-order valence-electron chi connectivity index (χ3n) is 6.20. The first-order valence-corrected chi connectivity index (χ1v) is 19.9. The second-order valence-electron chi connectivity index (χ2n) is 11.1. The average molecular weight is 653 g/mol. The van der Waals surface area contributed by atoms with Crippen molar-refractivity contribution >= 4 is 38.9 Å². The summed E-state index contributed by atoms with van der Waals surface area (Å²) in [5.74, 6) is 0. The first kappa shape index (κ1) is 40.0. The summed E-state index contributed by atoms with van der Waals surface area (Å²) in [6.07, 6.45) is 0. The molecule has 0 aliphatic heterocycles. The molecular weight excluding hydrogens is 591 g/mol. The summed E-state index contributed by atoms with van der Waals surface area (Å²) in [6, 6.07) is 0. The predicted molar refractivity (Wildman–Crippen MR) is 183 cm³/mol. The molecule has 0 aromatic rings. The summed E-state index contributed by atoms with van der Waals surface area (Å²) >= 11 is 0. The minimum atomic E-state index is -2.50. The Morgan fingerprint density at radius 1 is 0.308 bits per heavy atom. The van der Waals surface area contributed by atoms with Crippen LogP contribution < -0.4 is 0 Å². The Labute approximate surface area is 244 Å². The van der Waals surface area contributed by atoms with E-state index in [1.54, 1.807) is 0 Å². The molecule has 0 aliphatic rings. The zero-order valence-corrected chi connectivity index (χ0v) is 33.1. The quantitative estimate of drug-likeness (QED) is 0.242. The van der Waals surface area contributed by atoms with Gasteiger partial charge in [0, 0.05) is 0 Å². The summed E-state index contributed by atoms with van der Waals surface area (Å²) in [5.41, 5.74) is 0. The van der Waals surface area contributed by atoms with Crippen molar-refractivity contribution < 1.29 is 0 Å². The van der Waals surface area contributed by atoms with Crippen molar-refractivity contribution in [2.24, 2.45) is 18.1 Å². The minimum Gasteiger partial charge on any atom is -0.252 e. The summed E-state index contributed by atoms with van der Waals surface area (Å²) in [6.45, 7) is 0. The highest BCUT2D eigenvalue weighted by molar-refractivity contribution is 7.75. The number of nitrogens with zero attached hydrogens (tertiary/aromatic N) is 14. The Morgan fingerprint density at radius 2 is 0.487 bits per heavy atom. The van der Waals surface area contributed by atoms with Gasteiger partial charge in [0.25, 0.3) is 0 Å². The van der Waals surface area contributed by atoms with Crippen LogP contribution in [0.3, 0.4) is 0 Å². The van der Waals surface area contributed by atoms with E-state index in [0.29, 0.717) is 0 Å². The highest BCUT2D eigenvalue weighted by Gasteiger charge is 2.38. The molecule has 0 bridgehead atoms. The zero-order valence-electron chi connectivity index (χ0n) is 28.5. The van der Waals surface area contributed by atoms with Crippen molar-refractivity contribution in [2.45, 2.75) is 0 Å². The molecule has 0 amide bonds. The standard InChI is InChI=1S/C20H61N14P5/c1-25(2)36(26(3)4,23-38(29(9)10,30(11)12)31(13)14)21-35-22-37(27(5)6,28(7)8)24-39(32(15)16,33(17)18)34(19)20/h35H,1-20H3. The molecule has 0 heterocycles. The monoisotopic (exact) mass is 652 g/mol. The Balaban J connectivity index is 7.98. The Morgan fingerprint density at radius 3 is 0.615 bits per heavy atom. The topological polar surface area (TPSA) is 81.8 Å². The molecular formula is C20H61N14P5. The largest absolute Gasteiger partial charge is 0.252 e. The molecule has 236 valence electrons. The second kappa shape index (κ2) is 15.6. The fourth-order valence-corrected chi connectivity index (χ4v) is 24.6. The predicted octanol–water partition coefficient (Wildman–Crippen LogP) is 4.90. The molecule has 0 N–H and O–H groups in total. The number of rotatable bonds is 14. The molecule has 0 atom stereocenters. The lowest BCUT2D eigenvalue weighted by Gasteiger charge is -2.45. The molecule has 0 radical (unpaired) electrons. The van der Waals surface area contributed by atoms with Gasteiger partial charge >= 0.3 is 0 Å². The van der Waals surface area contributed by atoms with Gasteiger partial charge in [0.15, 0.2) is 15.0 Å². The third kappa shape index (κ3) is 8.12. The number of hydrogen-bond acceptors (Lipinski definition) is 2. The van der Waals surface area contributed by atoms with Crippen molar-refractivity contribution in [3.05, 3.63) is 0 Å². The molecule has 0 fully saturated rings. The van der Waals surface area contributed by atoms with E-state index < -0.39 is 30.0 Å². The Hall–Kier alpha value is 0.950. The van der Waals surface area contributed by atoms with Crippen LogP contribution in [0.15, 0.2) is 18.1 Å². The molecule has 14 nitrogen and oxygen atoms in total. The average Bonchev–Trinajstić information content (AvgIpc) is 2.75. The van der Waals surface area contributed by atoms with Crippen molar-refractivity contribution in [3.8, 4) is 0 Å². The van der Waals surface area contributed by atoms with Crippen LogP contribution >= 0.6 is 38.9 Å². The molecule has 19 heteroatoms. The Bertz CT molecular complexity index is 840. The lowest BCUT2D eigenvalue weighted by molar-refractivity contribution is 0.472. The summed E-state index contributed by atoms with van der Waals surface area (Å²) in [7, 11) is 32.3. The normalized spacial score (nSPS) is 14.5. The van der Waals surface area contributed by atoms with Crippen LogP contribution in [0.5, 0.6) is 0 Å². The molecule has 0 saturated heterocycles. The summed E-state index contributed by atoms with van der Waals surface area (Å²) in [4.78, 5) is 0. The third-order valence-corrected chi connectivity index (χ3v) is 23.6. The Kier molecular flexibility index (Phi) is 16.0. The van der Waals surface area contributed by atoms with Gasteiger partial charge in [-0.1, -0.05) is 0 Å². The minimum absolute atomic E-state index is 0.0416. The second-order valence-corrected chi connectivity index (χ2v) is 26.6. The van der Waals surface area contributed by atoms with Gasteiger partial charge in [-0.25, -0.2) is 27.7 Å². The van der Waals surface area contributed by atoms with Crippen molar-refractivity contribution in [1.82, 2.24) is 46.7 Å². The van der Waals surface area contributed by atoms with E-state index in [0.717, 1.165) is 0 Å². The first-order valence-electron chi connectivity index (χ1n) is 12.6. The van der Waals surface area contributed by atoms with Crippen molar-refractivity contribution in [2.75, 3.05) is 141 Å². The molecule has 0 spiro atoms. The maximum absolute atomic E-state index is 5.67. The van der Waals surface area contributed by atoms with E-state index in [9.17, 15) is 0 Å². The highest BCUT2D eigenvalue weighted by Crippen LogP contribution is 2.72. The van der Waals surface area contributed by atoms with E-state index in [2.05, 4.69) is 188 Å². The van der Waals surface area contributed by atoms with Gasteiger partial charge in [-0.15, -0.1) is 0 Å². The molecule has 0 unspecified atom stereocenters. The van der Waals surface area contributed by atoms with Crippen molar-refractivity contribution in [1.29, 1.82) is 0 Å². The fourth-order valence-electron chi connectivity index (χ4n) is 4.52. The van der Waals surface area contributed by atoms with Gasteiger partial charge in [-0.3, -0.25) is 28.0 Å². The molecule has 39 heavy (non-hydrogen) atoms. The highest BCUT2D eigenvalue weighted by atomic mass is 31.2. The van der Waals surface area contributed by atoms with Crippen LogP contribution in [0, 0.1) is 0 Å². The molecule has 0 aliphatic carbocycles. The van der Waals surface area contributed by atoms with Gasteiger partial charge in [-0.05, 0) is 141 Å². The van der Waals surface area contributed by atoms with E-state index >= 15 is 0 Å². The molecule has 0 aromatic carbocycles. The van der Waals surface area contributed by atoms with Gasteiger partial charge in [0.05, 0.1) is 0 Å². The van der Waals surface area contributed by atoms with Crippen LogP contribution in [0.25, 0.3) is 0 Å². The van der Waals surface area contributed by atoms with Crippen LogP contribution in [0.1, 0.15) is 0 Å². The van der Waals surface area contributed by atoms with Crippen molar-refractivity contribution in [3.63, 3.8) is 0 Å². The SMILES string of the molecule is CN(C)P(=NPN=P(N=P(N(C)C)(N(C)C)N(C)C)(N(C)C)N(C)C)(N=P(N(C)C)(N(C)C)N(C)C)N(C)C. The van der Waals surface area contributed by atoms with E-state index in [4.69, 9.17) is 18.1 Å². The molecule has 0 saturated carbocycles. The number of hydrogen-bond donors (Lipinski definition) is 0. The maximum atomic E-state index is 5.67. The fraction of sp³-hybridized carbons (Fsp3) is 1.00. The smallest absolute Gasteiger partial charge is 0.217 e. The lowest BCUT2D eigenvalue weighted by atomic mass is 11.2. The van der Waals surface area contributed by atoms with E-state index in [1.807, 2.05) is 0 Å². The van der Waals surface area contributed by atoms with Gasteiger partial charge < -0.3 is 0 Å². The van der Waals surface area contributed by atoms with Gasteiger partial charge in [-0.2, -0.15) is 9.03 Å². The zero-order chi connectivity index (χ0) is 31.3. The van der Waals surface area contributed by atoms with E-state index in [1.165, 1.54) is 0 Å². The van der Waals surface area contributed by atoms with Gasteiger partial charge in [0.2, 0.25) is 15.0 Å². The molecule has 0 rings (SSSR count). The first-order chi connectivity index (χ1) is 17.6. The molecule has 0 aromatic heterocycles. The van der Waals surface area contributed by atoms with Crippen LogP contribution in [-0.4, -0.2) is 188 Å². The van der Waals surface area contributed by atoms with Crippen LogP contribution in [0.2, 0.25) is 0 Å². The maximum Gasteiger partial charge on any atom is 0.217 e. The lowest BCUT2D eigenvalue weighted by Crippen LogP contribution is -2.32. The van der Waals surface area contributed by atoms with Gasteiger partial charge in [0.1, 0.15) is 8.88 Å².